The van der Waals surface area contributed by atoms with Gasteiger partial charge in [0.25, 0.3) is 0 Å². The molecule has 1 aliphatic rings. The van der Waals surface area contributed by atoms with E-state index < -0.39 is 0 Å². The Hall–Kier alpha value is -2.44. The van der Waals surface area contributed by atoms with Crippen LogP contribution in [-0.2, 0) is 11.3 Å². The largest absolute Gasteiger partial charge is 0.346 e. The summed E-state index contributed by atoms with van der Waals surface area (Å²) in [6, 6.07) is 14.0. The summed E-state index contributed by atoms with van der Waals surface area (Å²) >= 11 is 0. The zero-order valence-electron chi connectivity index (χ0n) is 13.6. The summed E-state index contributed by atoms with van der Waals surface area (Å²) in [7, 11) is 0. The lowest BCUT2D eigenvalue weighted by atomic mass is 10.0. The summed E-state index contributed by atoms with van der Waals surface area (Å²) in [6.45, 7) is 1.14. The Kier molecular flexibility index (Phi) is 5.31. The molecular formula is C18H19ClN4O2. The van der Waals surface area contributed by atoms with E-state index in [-0.39, 0.29) is 30.9 Å². The highest BCUT2D eigenvalue weighted by molar-refractivity contribution is 5.94. The van der Waals surface area contributed by atoms with Gasteiger partial charge in [-0.1, -0.05) is 47.6 Å². The molecule has 1 atom stereocenters. The number of hydrogen-bond donors (Lipinski definition) is 2. The molecule has 2 N–H and O–H groups in total. The van der Waals surface area contributed by atoms with Gasteiger partial charge in [-0.25, -0.2) is 0 Å². The fraction of sp³-hybridized carbons (Fsp3) is 0.278. The van der Waals surface area contributed by atoms with Crippen LogP contribution in [0.3, 0.4) is 0 Å². The van der Waals surface area contributed by atoms with Gasteiger partial charge >= 0.3 is 0 Å². The molecule has 1 unspecified atom stereocenters. The standard InChI is InChI=1S/C18H18N4O2.ClH/c23-18(15-9-4-10-19-15)20-11-16-21-17(22-24-16)14-8-3-6-12-5-1-2-7-13(12)14;/h1-3,5-8,15,19H,4,9-11H2,(H,20,23);1H. The first-order valence-electron chi connectivity index (χ1n) is 8.13. The van der Waals surface area contributed by atoms with E-state index in [0.717, 1.165) is 35.7 Å². The Morgan fingerprint density at radius 1 is 1.24 bits per heavy atom. The minimum atomic E-state index is -0.106. The summed E-state index contributed by atoms with van der Waals surface area (Å²) in [5.41, 5.74) is 0.923. The lowest BCUT2D eigenvalue weighted by Gasteiger charge is -2.08. The Morgan fingerprint density at radius 3 is 2.92 bits per heavy atom. The van der Waals surface area contributed by atoms with Crippen LogP contribution in [0.2, 0.25) is 0 Å². The van der Waals surface area contributed by atoms with Crippen molar-refractivity contribution in [2.45, 2.75) is 25.4 Å². The number of nitrogens with zero attached hydrogens (tertiary/aromatic N) is 2. The molecule has 1 aromatic heterocycles. The zero-order chi connectivity index (χ0) is 16.4. The molecule has 0 bridgehead atoms. The number of benzene rings is 2. The van der Waals surface area contributed by atoms with Crippen molar-refractivity contribution in [2.75, 3.05) is 6.54 Å². The summed E-state index contributed by atoms with van der Waals surface area (Å²) in [6.07, 6.45) is 1.90. The molecule has 2 aromatic carbocycles. The molecule has 1 amide bonds. The van der Waals surface area contributed by atoms with E-state index in [1.165, 1.54) is 0 Å². The molecule has 1 fully saturated rings. The molecule has 0 radical (unpaired) electrons. The van der Waals surface area contributed by atoms with Crippen molar-refractivity contribution >= 4 is 29.1 Å². The molecule has 1 saturated heterocycles. The van der Waals surface area contributed by atoms with Gasteiger partial charge in [0.1, 0.15) is 0 Å². The van der Waals surface area contributed by atoms with Gasteiger partial charge in [-0.05, 0) is 30.2 Å². The second-order valence-corrected chi connectivity index (χ2v) is 5.91. The van der Waals surface area contributed by atoms with Crippen LogP contribution in [0.1, 0.15) is 18.7 Å². The maximum absolute atomic E-state index is 12.0. The topological polar surface area (TPSA) is 80.1 Å². The third-order valence-electron chi connectivity index (χ3n) is 4.29. The second-order valence-electron chi connectivity index (χ2n) is 5.91. The van der Waals surface area contributed by atoms with Gasteiger partial charge in [-0.15, -0.1) is 12.4 Å². The lowest BCUT2D eigenvalue weighted by Crippen LogP contribution is -2.40. The number of halogens is 1. The molecule has 0 aliphatic carbocycles. The van der Waals surface area contributed by atoms with E-state index in [2.05, 4.69) is 32.9 Å². The summed E-state index contributed by atoms with van der Waals surface area (Å²) < 4.78 is 5.28. The van der Waals surface area contributed by atoms with Gasteiger partial charge in [0.2, 0.25) is 17.6 Å². The van der Waals surface area contributed by atoms with Gasteiger partial charge in [0.15, 0.2) is 0 Å². The first-order valence-corrected chi connectivity index (χ1v) is 8.13. The molecule has 0 spiro atoms. The molecule has 1 aliphatic heterocycles. The first kappa shape index (κ1) is 17.4. The first-order chi connectivity index (χ1) is 11.8. The number of hydrogen-bond acceptors (Lipinski definition) is 5. The molecule has 2 heterocycles. The van der Waals surface area contributed by atoms with Crippen LogP contribution >= 0.6 is 12.4 Å². The number of fused-ring (bicyclic) bond motifs is 1. The van der Waals surface area contributed by atoms with Crippen molar-refractivity contribution < 1.29 is 9.32 Å². The van der Waals surface area contributed by atoms with Crippen LogP contribution in [-0.4, -0.2) is 28.6 Å². The highest BCUT2D eigenvalue weighted by atomic mass is 35.5. The Labute approximate surface area is 151 Å². The number of rotatable bonds is 4. The number of amides is 1. The Morgan fingerprint density at radius 2 is 2.08 bits per heavy atom. The predicted molar refractivity (Wildman–Crippen MR) is 97.4 cm³/mol. The fourth-order valence-electron chi connectivity index (χ4n) is 3.05. The van der Waals surface area contributed by atoms with Crippen LogP contribution in [0.15, 0.2) is 47.0 Å². The Balaban J connectivity index is 0.00000182. The van der Waals surface area contributed by atoms with Crippen LogP contribution < -0.4 is 10.6 Å². The van der Waals surface area contributed by atoms with Crippen molar-refractivity contribution in [1.29, 1.82) is 0 Å². The zero-order valence-corrected chi connectivity index (χ0v) is 14.4. The van der Waals surface area contributed by atoms with Crippen molar-refractivity contribution in [3.63, 3.8) is 0 Å². The van der Waals surface area contributed by atoms with E-state index in [4.69, 9.17) is 4.52 Å². The van der Waals surface area contributed by atoms with Crippen molar-refractivity contribution in [3.05, 3.63) is 48.4 Å². The number of aromatic nitrogens is 2. The quantitative estimate of drug-likeness (QED) is 0.749. The summed E-state index contributed by atoms with van der Waals surface area (Å²) in [4.78, 5) is 16.4. The number of carbonyl (C=O) groups is 1. The third-order valence-corrected chi connectivity index (χ3v) is 4.29. The molecule has 25 heavy (non-hydrogen) atoms. The third kappa shape index (κ3) is 3.65. The molecule has 3 aromatic rings. The van der Waals surface area contributed by atoms with Crippen molar-refractivity contribution in [2.24, 2.45) is 0 Å². The van der Waals surface area contributed by atoms with E-state index in [9.17, 15) is 4.79 Å². The van der Waals surface area contributed by atoms with Gasteiger partial charge in [-0.3, -0.25) is 4.79 Å². The molecule has 130 valence electrons. The summed E-state index contributed by atoms with van der Waals surface area (Å²) in [5, 5.41) is 12.3. The van der Waals surface area contributed by atoms with Crippen LogP contribution in [0, 0.1) is 0 Å². The molecular weight excluding hydrogens is 340 g/mol. The van der Waals surface area contributed by atoms with Gasteiger partial charge in [-0.2, -0.15) is 4.98 Å². The lowest BCUT2D eigenvalue weighted by molar-refractivity contribution is -0.123. The predicted octanol–water partition coefficient (Wildman–Crippen LogP) is 2.68. The highest BCUT2D eigenvalue weighted by Crippen LogP contribution is 2.26. The Bertz CT molecular complexity index is 869. The monoisotopic (exact) mass is 358 g/mol. The van der Waals surface area contributed by atoms with Crippen molar-refractivity contribution in [1.82, 2.24) is 20.8 Å². The number of nitrogens with one attached hydrogen (secondary N) is 2. The van der Waals surface area contributed by atoms with E-state index in [0.29, 0.717) is 11.7 Å². The SMILES string of the molecule is Cl.O=C(NCc1nc(-c2cccc3ccccc23)no1)C1CCCN1. The van der Waals surface area contributed by atoms with Crippen molar-refractivity contribution in [3.8, 4) is 11.4 Å². The van der Waals surface area contributed by atoms with Crippen LogP contribution in [0.25, 0.3) is 22.2 Å². The van der Waals surface area contributed by atoms with E-state index >= 15 is 0 Å². The van der Waals surface area contributed by atoms with E-state index in [1.807, 2.05) is 30.3 Å². The van der Waals surface area contributed by atoms with Gasteiger partial charge < -0.3 is 15.2 Å². The smallest absolute Gasteiger partial charge is 0.246 e. The number of carbonyl (C=O) groups excluding carboxylic acids is 1. The maximum Gasteiger partial charge on any atom is 0.246 e. The molecule has 7 heteroatoms. The average molecular weight is 359 g/mol. The minimum Gasteiger partial charge on any atom is -0.346 e. The van der Waals surface area contributed by atoms with Gasteiger partial charge in [0, 0.05) is 5.56 Å². The molecule has 0 saturated carbocycles. The summed E-state index contributed by atoms with van der Waals surface area (Å²) in [5.74, 6) is 0.928. The second kappa shape index (κ2) is 7.63. The molecule has 4 rings (SSSR count). The fourth-order valence-corrected chi connectivity index (χ4v) is 3.05. The minimum absolute atomic E-state index is 0. The normalized spacial score (nSPS) is 16.6. The average Bonchev–Trinajstić information content (AvgIpc) is 3.31. The van der Waals surface area contributed by atoms with Crippen LogP contribution in [0.5, 0.6) is 0 Å². The van der Waals surface area contributed by atoms with E-state index in [1.54, 1.807) is 0 Å². The molecule has 6 nitrogen and oxygen atoms in total. The highest BCUT2D eigenvalue weighted by Gasteiger charge is 2.22. The maximum atomic E-state index is 12.0. The van der Waals surface area contributed by atoms with Crippen LogP contribution in [0.4, 0.5) is 0 Å². The van der Waals surface area contributed by atoms with Gasteiger partial charge in [0.05, 0.1) is 12.6 Å².